The number of aromatic nitrogens is 2. The van der Waals surface area contributed by atoms with Crippen molar-refractivity contribution in [2.24, 2.45) is 0 Å². The fourth-order valence-electron chi connectivity index (χ4n) is 2.16. The van der Waals surface area contributed by atoms with E-state index in [1.54, 1.807) is 4.68 Å². The van der Waals surface area contributed by atoms with Crippen LogP contribution in [0.25, 0.3) is 0 Å². The van der Waals surface area contributed by atoms with E-state index >= 15 is 0 Å². The third kappa shape index (κ3) is 1.48. The normalized spacial score (nSPS) is 19.7. The number of nitrogens with zero attached hydrogens (tertiary/aromatic N) is 2. The third-order valence-electron chi connectivity index (χ3n) is 2.82. The van der Waals surface area contributed by atoms with E-state index in [0.717, 1.165) is 5.69 Å². The molecule has 0 N–H and O–H groups in total. The molecule has 1 unspecified atom stereocenters. The molecule has 1 atom stereocenters. The first kappa shape index (κ1) is 10.3. The molecule has 0 spiro atoms. The van der Waals surface area contributed by atoms with Crippen LogP contribution in [0.1, 0.15) is 61.2 Å². The highest BCUT2D eigenvalue weighted by Gasteiger charge is 2.32. The minimum atomic E-state index is -1.01. The Morgan fingerprint density at radius 2 is 2.27 bits per heavy atom. The second kappa shape index (κ2) is 3.43. The largest absolute Gasteiger partial charge is 0.293 e. The molecule has 2 rings (SSSR count). The van der Waals surface area contributed by atoms with Gasteiger partial charge in [-0.25, -0.2) is 4.39 Å². The molecule has 4 heteroatoms. The molecule has 0 radical (unpaired) electrons. The molecule has 1 heterocycles. The predicted molar refractivity (Wildman–Crippen MR) is 54.8 cm³/mol. The zero-order valence-electron chi connectivity index (χ0n) is 9.25. The van der Waals surface area contributed by atoms with E-state index < -0.39 is 6.17 Å². The van der Waals surface area contributed by atoms with Gasteiger partial charge in [0.25, 0.3) is 0 Å². The van der Waals surface area contributed by atoms with Gasteiger partial charge in [0.2, 0.25) is 0 Å². The molecule has 0 saturated heterocycles. The minimum Gasteiger partial charge on any atom is -0.293 e. The van der Waals surface area contributed by atoms with Crippen molar-refractivity contribution in [2.45, 2.75) is 45.8 Å². The van der Waals surface area contributed by atoms with Gasteiger partial charge in [-0.2, -0.15) is 5.10 Å². The molecule has 0 aromatic carbocycles. The standard InChI is InChI=1S/C11H15FN2O/c1-6(2)14-9-5-4-8(12)10(9)11(13-14)7(3)15/h6,8H,4-5H2,1-3H3. The van der Waals surface area contributed by atoms with Gasteiger partial charge in [0.15, 0.2) is 5.78 Å². The van der Waals surface area contributed by atoms with Crippen molar-refractivity contribution in [1.82, 2.24) is 9.78 Å². The SMILES string of the molecule is CC(=O)c1nn(C(C)C)c2c1C(F)CC2. The molecule has 0 saturated carbocycles. The highest BCUT2D eigenvalue weighted by molar-refractivity contribution is 5.94. The summed E-state index contributed by atoms with van der Waals surface area (Å²) in [7, 11) is 0. The zero-order valence-corrected chi connectivity index (χ0v) is 9.25. The van der Waals surface area contributed by atoms with Crippen LogP contribution in [0.5, 0.6) is 0 Å². The number of halogens is 1. The lowest BCUT2D eigenvalue weighted by Crippen LogP contribution is -2.07. The first-order valence-electron chi connectivity index (χ1n) is 5.28. The Morgan fingerprint density at radius 3 is 2.80 bits per heavy atom. The number of ketones is 1. The van der Waals surface area contributed by atoms with Gasteiger partial charge in [-0.3, -0.25) is 9.48 Å². The summed E-state index contributed by atoms with van der Waals surface area (Å²) in [5, 5.41) is 4.21. The van der Waals surface area contributed by atoms with Gasteiger partial charge < -0.3 is 0 Å². The summed E-state index contributed by atoms with van der Waals surface area (Å²) in [5.74, 6) is -0.143. The number of hydrogen-bond donors (Lipinski definition) is 0. The van der Waals surface area contributed by atoms with E-state index in [0.29, 0.717) is 24.1 Å². The zero-order chi connectivity index (χ0) is 11.2. The van der Waals surface area contributed by atoms with Crippen molar-refractivity contribution in [3.8, 4) is 0 Å². The lowest BCUT2D eigenvalue weighted by molar-refractivity contribution is 0.100. The van der Waals surface area contributed by atoms with Crippen LogP contribution in [0.2, 0.25) is 0 Å². The Kier molecular flexibility index (Phi) is 2.37. The number of Topliss-reactive ketones (excluding diaryl/α,β-unsaturated/α-hetero) is 1. The number of carbonyl (C=O) groups is 1. The molecule has 1 aliphatic carbocycles. The average Bonchev–Trinajstić information content (AvgIpc) is 2.66. The van der Waals surface area contributed by atoms with Crippen LogP contribution in [0.3, 0.4) is 0 Å². The van der Waals surface area contributed by atoms with E-state index in [-0.39, 0.29) is 11.8 Å². The Morgan fingerprint density at radius 1 is 1.60 bits per heavy atom. The van der Waals surface area contributed by atoms with Crippen LogP contribution < -0.4 is 0 Å². The topological polar surface area (TPSA) is 34.9 Å². The van der Waals surface area contributed by atoms with Gasteiger partial charge in [-0.15, -0.1) is 0 Å². The van der Waals surface area contributed by atoms with Crippen LogP contribution in [0, 0.1) is 0 Å². The minimum absolute atomic E-state index is 0.143. The Labute approximate surface area is 88.3 Å². The van der Waals surface area contributed by atoms with Crippen LogP contribution in [0.15, 0.2) is 0 Å². The van der Waals surface area contributed by atoms with Crippen molar-refractivity contribution < 1.29 is 9.18 Å². The van der Waals surface area contributed by atoms with Gasteiger partial charge in [0.05, 0.1) is 0 Å². The highest BCUT2D eigenvalue weighted by atomic mass is 19.1. The Bertz CT molecular complexity index is 409. The molecule has 0 fully saturated rings. The predicted octanol–water partition coefficient (Wildman–Crippen LogP) is 2.62. The van der Waals surface area contributed by atoms with Crippen molar-refractivity contribution in [2.75, 3.05) is 0 Å². The highest BCUT2D eigenvalue weighted by Crippen LogP contribution is 2.37. The number of hydrogen-bond acceptors (Lipinski definition) is 2. The summed E-state index contributed by atoms with van der Waals surface area (Å²) < 4.78 is 15.4. The van der Waals surface area contributed by atoms with Crippen LogP contribution in [-0.2, 0) is 6.42 Å². The summed E-state index contributed by atoms with van der Waals surface area (Å²) in [6.45, 7) is 5.42. The Balaban J connectivity index is 2.59. The molecule has 0 bridgehead atoms. The second-order valence-electron chi connectivity index (χ2n) is 4.31. The summed E-state index contributed by atoms with van der Waals surface area (Å²) in [6.07, 6.45) is 0.168. The lowest BCUT2D eigenvalue weighted by Gasteiger charge is -2.08. The van der Waals surface area contributed by atoms with Gasteiger partial charge in [0, 0.05) is 24.2 Å². The maximum Gasteiger partial charge on any atom is 0.180 e. The van der Waals surface area contributed by atoms with E-state index in [1.807, 2.05) is 13.8 Å². The fourth-order valence-corrected chi connectivity index (χ4v) is 2.16. The molecule has 1 aromatic rings. The fraction of sp³-hybridized carbons (Fsp3) is 0.636. The molecule has 1 aromatic heterocycles. The maximum absolute atomic E-state index is 13.6. The summed E-state index contributed by atoms with van der Waals surface area (Å²) in [4.78, 5) is 11.3. The first-order chi connectivity index (χ1) is 7.02. The van der Waals surface area contributed by atoms with Gasteiger partial charge >= 0.3 is 0 Å². The molecule has 3 nitrogen and oxygen atoms in total. The summed E-state index contributed by atoms with van der Waals surface area (Å²) >= 11 is 0. The van der Waals surface area contributed by atoms with Crippen molar-refractivity contribution in [3.63, 3.8) is 0 Å². The summed E-state index contributed by atoms with van der Waals surface area (Å²) in [5.41, 5.74) is 1.77. The molecule has 1 aliphatic rings. The quantitative estimate of drug-likeness (QED) is 0.703. The van der Waals surface area contributed by atoms with Crippen molar-refractivity contribution in [3.05, 3.63) is 17.0 Å². The Hall–Kier alpha value is -1.19. The number of fused-ring (bicyclic) bond motifs is 1. The van der Waals surface area contributed by atoms with Crippen LogP contribution in [0.4, 0.5) is 4.39 Å². The monoisotopic (exact) mass is 210 g/mol. The number of carbonyl (C=O) groups excluding carboxylic acids is 1. The second-order valence-corrected chi connectivity index (χ2v) is 4.31. The molecule has 0 aliphatic heterocycles. The lowest BCUT2D eigenvalue weighted by atomic mass is 10.1. The number of rotatable bonds is 2. The molecular weight excluding hydrogens is 195 g/mol. The third-order valence-corrected chi connectivity index (χ3v) is 2.82. The van der Waals surface area contributed by atoms with Gasteiger partial charge in [0.1, 0.15) is 11.9 Å². The van der Waals surface area contributed by atoms with E-state index in [4.69, 9.17) is 0 Å². The molecular formula is C11H15FN2O. The summed E-state index contributed by atoms with van der Waals surface area (Å²) in [6, 6.07) is 0.178. The number of alkyl halides is 1. The van der Waals surface area contributed by atoms with Crippen molar-refractivity contribution >= 4 is 5.78 Å². The van der Waals surface area contributed by atoms with Gasteiger partial charge in [-0.05, 0) is 26.7 Å². The molecule has 82 valence electrons. The van der Waals surface area contributed by atoms with Crippen LogP contribution in [-0.4, -0.2) is 15.6 Å². The van der Waals surface area contributed by atoms with E-state index in [9.17, 15) is 9.18 Å². The van der Waals surface area contributed by atoms with E-state index in [1.165, 1.54) is 6.92 Å². The van der Waals surface area contributed by atoms with E-state index in [2.05, 4.69) is 5.10 Å². The smallest absolute Gasteiger partial charge is 0.180 e. The van der Waals surface area contributed by atoms with Crippen molar-refractivity contribution in [1.29, 1.82) is 0 Å². The average molecular weight is 210 g/mol. The molecule has 15 heavy (non-hydrogen) atoms. The van der Waals surface area contributed by atoms with Crippen LogP contribution >= 0.6 is 0 Å². The first-order valence-corrected chi connectivity index (χ1v) is 5.28. The van der Waals surface area contributed by atoms with Gasteiger partial charge in [-0.1, -0.05) is 0 Å². The maximum atomic E-state index is 13.6. The molecule has 0 amide bonds.